The number of piperazine rings is 1. The largest absolute Gasteiger partial charge is 0.350 e. The maximum Gasteiger partial charge on any atom is 0.150 e. The molecular weight excluding hydrogens is 176 g/mol. The summed E-state index contributed by atoms with van der Waals surface area (Å²) in [6.07, 6.45) is 0. The maximum absolute atomic E-state index is 4.30. The molecule has 1 aliphatic rings. The van der Waals surface area contributed by atoms with Crippen LogP contribution in [0.25, 0.3) is 0 Å². The first kappa shape index (κ1) is 9.52. The molecule has 2 atom stereocenters. The SMILES string of the molecule is Cc1cc(N2CC(C)NCC2C)n[nH]1. The minimum Gasteiger partial charge on any atom is -0.350 e. The fraction of sp³-hybridized carbons (Fsp3) is 0.700. The Labute approximate surface area is 84.7 Å². The zero-order valence-corrected chi connectivity index (χ0v) is 9.04. The second kappa shape index (κ2) is 3.61. The highest BCUT2D eigenvalue weighted by atomic mass is 15.3. The number of anilines is 1. The monoisotopic (exact) mass is 194 g/mol. The number of H-pyrrole nitrogens is 1. The van der Waals surface area contributed by atoms with Crippen molar-refractivity contribution in [2.75, 3.05) is 18.0 Å². The van der Waals surface area contributed by atoms with Crippen molar-refractivity contribution in [3.63, 3.8) is 0 Å². The molecule has 0 amide bonds. The molecule has 0 bridgehead atoms. The summed E-state index contributed by atoms with van der Waals surface area (Å²) in [4.78, 5) is 2.35. The average molecular weight is 194 g/mol. The van der Waals surface area contributed by atoms with Crippen molar-refractivity contribution in [3.8, 4) is 0 Å². The minimum absolute atomic E-state index is 0.522. The number of aromatic amines is 1. The van der Waals surface area contributed by atoms with Gasteiger partial charge in [0.2, 0.25) is 0 Å². The Hall–Kier alpha value is -1.03. The fourth-order valence-electron chi connectivity index (χ4n) is 1.89. The van der Waals surface area contributed by atoms with Crippen LogP contribution in [0.5, 0.6) is 0 Å². The summed E-state index contributed by atoms with van der Waals surface area (Å²) in [6.45, 7) is 8.53. The summed E-state index contributed by atoms with van der Waals surface area (Å²) in [7, 11) is 0. The van der Waals surface area contributed by atoms with Gasteiger partial charge in [-0.25, -0.2) is 0 Å². The number of rotatable bonds is 1. The van der Waals surface area contributed by atoms with Crippen molar-refractivity contribution in [2.45, 2.75) is 32.9 Å². The third-order valence-electron chi connectivity index (χ3n) is 2.75. The molecule has 0 spiro atoms. The molecule has 1 saturated heterocycles. The maximum atomic E-state index is 4.30. The Balaban J connectivity index is 2.15. The van der Waals surface area contributed by atoms with Gasteiger partial charge in [-0.15, -0.1) is 0 Å². The molecule has 4 heteroatoms. The Morgan fingerprint density at radius 3 is 2.93 bits per heavy atom. The van der Waals surface area contributed by atoms with Gasteiger partial charge < -0.3 is 10.2 Å². The van der Waals surface area contributed by atoms with Crippen LogP contribution in [0.3, 0.4) is 0 Å². The van der Waals surface area contributed by atoms with Crippen molar-refractivity contribution >= 4 is 5.82 Å². The van der Waals surface area contributed by atoms with E-state index < -0.39 is 0 Å². The quantitative estimate of drug-likeness (QED) is 0.698. The lowest BCUT2D eigenvalue weighted by molar-refractivity contribution is 0.422. The van der Waals surface area contributed by atoms with Gasteiger partial charge in [0.1, 0.15) is 0 Å². The van der Waals surface area contributed by atoms with E-state index in [1.165, 1.54) is 0 Å². The van der Waals surface area contributed by atoms with Gasteiger partial charge in [0.25, 0.3) is 0 Å². The van der Waals surface area contributed by atoms with Crippen LogP contribution >= 0.6 is 0 Å². The highest BCUT2D eigenvalue weighted by molar-refractivity contribution is 5.41. The fourth-order valence-corrected chi connectivity index (χ4v) is 1.89. The lowest BCUT2D eigenvalue weighted by Gasteiger charge is -2.37. The molecule has 2 N–H and O–H groups in total. The molecule has 1 fully saturated rings. The van der Waals surface area contributed by atoms with Crippen molar-refractivity contribution in [1.82, 2.24) is 15.5 Å². The van der Waals surface area contributed by atoms with Crippen molar-refractivity contribution < 1.29 is 0 Å². The molecular formula is C10H18N4. The Morgan fingerprint density at radius 2 is 2.29 bits per heavy atom. The van der Waals surface area contributed by atoms with Crippen LogP contribution in [0, 0.1) is 6.92 Å². The van der Waals surface area contributed by atoms with Crippen LogP contribution in [0.4, 0.5) is 5.82 Å². The first-order valence-electron chi connectivity index (χ1n) is 5.19. The van der Waals surface area contributed by atoms with E-state index in [0.29, 0.717) is 12.1 Å². The second-order valence-corrected chi connectivity index (χ2v) is 4.22. The van der Waals surface area contributed by atoms with Crippen LogP contribution in [-0.2, 0) is 0 Å². The average Bonchev–Trinajstić information content (AvgIpc) is 2.56. The Bertz CT molecular complexity index is 307. The summed E-state index contributed by atoms with van der Waals surface area (Å²) in [5, 5.41) is 10.7. The standard InChI is InChI=1S/C10H18N4/c1-7-4-10(13-12-7)14-6-8(2)11-5-9(14)3/h4,8-9,11H,5-6H2,1-3H3,(H,12,13). The molecule has 14 heavy (non-hydrogen) atoms. The molecule has 2 unspecified atom stereocenters. The van der Waals surface area contributed by atoms with Gasteiger partial charge in [0, 0.05) is 36.9 Å². The molecule has 0 radical (unpaired) electrons. The van der Waals surface area contributed by atoms with E-state index in [1.807, 2.05) is 6.92 Å². The van der Waals surface area contributed by atoms with E-state index in [9.17, 15) is 0 Å². The van der Waals surface area contributed by atoms with Gasteiger partial charge in [0.15, 0.2) is 5.82 Å². The predicted octanol–water partition coefficient (Wildman–Crippen LogP) is 0.905. The highest BCUT2D eigenvalue weighted by Gasteiger charge is 2.23. The third-order valence-corrected chi connectivity index (χ3v) is 2.75. The Kier molecular flexibility index (Phi) is 2.46. The first-order chi connectivity index (χ1) is 6.66. The molecule has 2 heterocycles. The molecule has 0 aliphatic carbocycles. The van der Waals surface area contributed by atoms with Gasteiger partial charge in [-0.3, -0.25) is 5.10 Å². The number of hydrogen-bond acceptors (Lipinski definition) is 3. The second-order valence-electron chi connectivity index (χ2n) is 4.22. The van der Waals surface area contributed by atoms with E-state index in [-0.39, 0.29) is 0 Å². The van der Waals surface area contributed by atoms with E-state index >= 15 is 0 Å². The number of aromatic nitrogens is 2. The smallest absolute Gasteiger partial charge is 0.150 e. The third kappa shape index (κ3) is 1.75. The molecule has 0 saturated carbocycles. The number of nitrogens with zero attached hydrogens (tertiary/aromatic N) is 2. The topological polar surface area (TPSA) is 44.0 Å². The summed E-state index contributed by atoms with van der Waals surface area (Å²) in [5.74, 6) is 1.07. The molecule has 2 rings (SSSR count). The van der Waals surface area contributed by atoms with Crippen LogP contribution in [0.15, 0.2) is 6.07 Å². The van der Waals surface area contributed by atoms with Gasteiger partial charge in [-0.2, -0.15) is 5.10 Å². The van der Waals surface area contributed by atoms with E-state index in [0.717, 1.165) is 24.6 Å². The highest BCUT2D eigenvalue weighted by Crippen LogP contribution is 2.17. The van der Waals surface area contributed by atoms with E-state index in [2.05, 4.69) is 40.3 Å². The minimum atomic E-state index is 0.522. The summed E-state index contributed by atoms with van der Waals surface area (Å²) >= 11 is 0. The summed E-state index contributed by atoms with van der Waals surface area (Å²) in [5.41, 5.74) is 1.12. The lowest BCUT2D eigenvalue weighted by atomic mass is 10.1. The van der Waals surface area contributed by atoms with Crippen molar-refractivity contribution in [1.29, 1.82) is 0 Å². The molecule has 1 aromatic heterocycles. The predicted molar refractivity (Wildman–Crippen MR) is 57.6 cm³/mol. The summed E-state index contributed by atoms with van der Waals surface area (Å²) in [6, 6.07) is 3.17. The number of aryl methyl sites for hydroxylation is 1. The number of nitrogens with one attached hydrogen (secondary N) is 2. The molecule has 78 valence electrons. The van der Waals surface area contributed by atoms with Crippen molar-refractivity contribution in [3.05, 3.63) is 11.8 Å². The Morgan fingerprint density at radius 1 is 1.50 bits per heavy atom. The van der Waals surface area contributed by atoms with Crippen LogP contribution in [0.2, 0.25) is 0 Å². The zero-order valence-electron chi connectivity index (χ0n) is 9.04. The van der Waals surface area contributed by atoms with Crippen LogP contribution in [-0.4, -0.2) is 35.4 Å². The van der Waals surface area contributed by atoms with Gasteiger partial charge in [0.05, 0.1) is 0 Å². The molecule has 1 aliphatic heterocycles. The molecule has 4 nitrogen and oxygen atoms in total. The van der Waals surface area contributed by atoms with Crippen LogP contribution < -0.4 is 10.2 Å². The van der Waals surface area contributed by atoms with Crippen LogP contribution in [0.1, 0.15) is 19.5 Å². The van der Waals surface area contributed by atoms with Gasteiger partial charge >= 0.3 is 0 Å². The van der Waals surface area contributed by atoms with Gasteiger partial charge in [-0.05, 0) is 20.8 Å². The lowest BCUT2D eigenvalue weighted by Crippen LogP contribution is -2.54. The molecule has 1 aromatic rings. The van der Waals surface area contributed by atoms with E-state index in [4.69, 9.17) is 0 Å². The first-order valence-corrected chi connectivity index (χ1v) is 5.19. The number of hydrogen-bond donors (Lipinski definition) is 2. The summed E-state index contributed by atoms with van der Waals surface area (Å²) < 4.78 is 0. The van der Waals surface area contributed by atoms with E-state index in [1.54, 1.807) is 0 Å². The molecule has 0 aromatic carbocycles. The zero-order chi connectivity index (χ0) is 10.1. The normalized spacial score (nSPS) is 28.1. The van der Waals surface area contributed by atoms with Gasteiger partial charge in [-0.1, -0.05) is 0 Å². The van der Waals surface area contributed by atoms with Crippen molar-refractivity contribution in [2.24, 2.45) is 0 Å².